The molecule has 8 heteroatoms. The number of nitro groups is 1. The molecule has 0 saturated carbocycles. The van der Waals surface area contributed by atoms with Gasteiger partial charge in [0.2, 0.25) is 0 Å². The van der Waals surface area contributed by atoms with E-state index < -0.39 is 22.7 Å². The Labute approximate surface area is 206 Å². The SMILES string of the molecule is Cc1ccc(N2C(=O)C(=O)/C(=C(/O)c3ccc([N+](=O)[O-])cc3)C2c2cn(C)c3ccccc23)cc1C. The summed E-state index contributed by atoms with van der Waals surface area (Å²) in [6.07, 6.45) is 1.86. The van der Waals surface area contributed by atoms with Crippen LogP contribution in [0.15, 0.2) is 78.5 Å². The lowest BCUT2D eigenvalue weighted by molar-refractivity contribution is -0.384. The molecule has 36 heavy (non-hydrogen) atoms. The Morgan fingerprint density at radius 3 is 2.33 bits per heavy atom. The second-order valence-corrected chi connectivity index (χ2v) is 8.95. The molecule has 1 saturated heterocycles. The van der Waals surface area contributed by atoms with Gasteiger partial charge in [-0.3, -0.25) is 24.6 Å². The monoisotopic (exact) mass is 481 g/mol. The lowest BCUT2D eigenvalue weighted by Gasteiger charge is -2.25. The van der Waals surface area contributed by atoms with E-state index in [0.717, 1.165) is 22.0 Å². The van der Waals surface area contributed by atoms with E-state index in [9.17, 15) is 24.8 Å². The van der Waals surface area contributed by atoms with Crippen molar-refractivity contribution >= 4 is 39.7 Å². The lowest BCUT2D eigenvalue weighted by atomic mass is 9.94. The summed E-state index contributed by atoms with van der Waals surface area (Å²) >= 11 is 0. The van der Waals surface area contributed by atoms with Crippen LogP contribution < -0.4 is 4.90 Å². The summed E-state index contributed by atoms with van der Waals surface area (Å²) in [5.74, 6) is -1.95. The molecule has 1 unspecified atom stereocenters. The molecular formula is C28H23N3O5. The molecule has 1 aliphatic heterocycles. The Hall–Kier alpha value is -4.72. The number of rotatable bonds is 4. The Kier molecular flexibility index (Phi) is 5.44. The minimum atomic E-state index is -0.895. The minimum absolute atomic E-state index is 0.0663. The summed E-state index contributed by atoms with van der Waals surface area (Å²) in [7, 11) is 1.88. The molecule has 1 aromatic heterocycles. The predicted molar refractivity (Wildman–Crippen MR) is 137 cm³/mol. The third-order valence-corrected chi connectivity index (χ3v) is 6.79. The molecule has 1 atom stereocenters. The van der Waals surface area contributed by atoms with Crippen LogP contribution in [0.1, 0.15) is 28.3 Å². The zero-order valence-corrected chi connectivity index (χ0v) is 19.9. The molecule has 1 N–H and O–H groups in total. The quantitative estimate of drug-likeness (QED) is 0.139. The Bertz CT molecular complexity index is 1600. The molecule has 3 aromatic carbocycles. The van der Waals surface area contributed by atoms with Crippen molar-refractivity contribution in [3.05, 3.63) is 111 Å². The summed E-state index contributed by atoms with van der Waals surface area (Å²) in [4.78, 5) is 38.8. The predicted octanol–water partition coefficient (Wildman–Crippen LogP) is 5.33. The van der Waals surface area contributed by atoms with E-state index in [1.165, 1.54) is 29.2 Å². The van der Waals surface area contributed by atoms with Crippen molar-refractivity contribution in [1.29, 1.82) is 0 Å². The molecule has 2 heterocycles. The fourth-order valence-corrected chi connectivity index (χ4v) is 4.76. The maximum atomic E-state index is 13.5. The Morgan fingerprint density at radius 2 is 1.67 bits per heavy atom. The number of nitro benzene ring substituents is 1. The first kappa shape index (κ1) is 23.0. The van der Waals surface area contributed by atoms with Crippen molar-refractivity contribution in [2.75, 3.05) is 4.90 Å². The van der Waals surface area contributed by atoms with Crippen LogP contribution in [0, 0.1) is 24.0 Å². The van der Waals surface area contributed by atoms with Crippen LogP contribution >= 0.6 is 0 Å². The molecule has 1 amide bonds. The fourth-order valence-electron chi connectivity index (χ4n) is 4.76. The molecule has 4 aromatic rings. The number of amides is 1. The van der Waals surface area contributed by atoms with Gasteiger partial charge in [-0.05, 0) is 55.3 Å². The van der Waals surface area contributed by atoms with Gasteiger partial charge in [0.1, 0.15) is 5.76 Å². The van der Waals surface area contributed by atoms with E-state index in [4.69, 9.17) is 0 Å². The highest BCUT2D eigenvalue weighted by atomic mass is 16.6. The zero-order chi connectivity index (χ0) is 25.7. The number of para-hydroxylation sites is 1. The maximum absolute atomic E-state index is 13.5. The average molecular weight is 482 g/mol. The topological polar surface area (TPSA) is 106 Å². The van der Waals surface area contributed by atoms with Crippen LogP contribution in [-0.2, 0) is 16.6 Å². The van der Waals surface area contributed by atoms with Gasteiger partial charge < -0.3 is 9.67 Å². The maximum Gasteiger partial charge on any atom is 0.300 e. The van der Waals surface area contributed by atoms with Crippen LogP contribution in [0.3, 0.4) is 0 Å². The van der Waals surface area contributed by atoms with Gasteiger partial charge in [0.15, 0.2) is 0 Å². The van der Waals surface area contributed by atoms with E-state index in [2.05, 4.69) is 0 Å². The van der Waals surface area contributed by atoms with Crippen molar-refractivity contribution in [3.63, 3.8) is 0 Å². The van der Waals surface area contributed by atoms with Gasteiger partial charge in [0.25, 0.3) is 17.4 Å². The van der Waals surface area contributed by atoms with Gasteiger partial charge >= 0.3 is 0 Å². The number of aliphatic hydroxyl groups excluding tert-OH is 1. The number of Topliss-reactive ketones (excluding diaryl/α,β-unsaturated/α-hetero) is 1. The molecule has 8 nitrogen and oxygen atoms in total. The van der Waals surface area contributed by atoms with Gasteiger partial charge in [0.05, 0.1) is 16.5 Å². The minimum Gasteiger partial charge on any atom is -0.507 e. The zero-order valence-electron chi connectivity index (χ0n) is 19.9. The Morgan fingerprint density at radius 1 is 0.972 bits per heavy atom. The number of non-ortho nitro benzene ring substituents is 1. The van der Waals surface area contributed by atoms with Gasteiger partial charge in [-0.25, -0.2) is 0 Å². The molecule has 5 rings (SSSR count). The Balaban J connectivity index is 1.78. The number of aromatic nitrogens is 1. The van der Waals surface area contributed by atoms with Gasteiger partial charge in [-0.15, -0.1) is 0 Å². The van der Waals surface area contributed by atoms with E-state index in [0.29, 0.717) is 11.3 Å². The summed E-state index contributed by atoms with van der Waals surface area (Å²) in [5.41, 5.74) is 4.15. The van der Waals surface area contributed by atoms with Crippen LogP contribution in [0.25, 0.3) is 16.7 Å². The first-order valence-corrected chi connectivity index (χ1v) is 11.4. The number of fused-ring (bicyclic) bond motifs is 1. The van der Waals surface area contributed by atoms with Crippen LogP contribution in [-0.4, -0.2) is 26.3 Å². The highest BCUT2D eigenvalue weighted by Gasteiger charge is 2.48. The second kappa shape index (κ2) is 8.49. The van der Waals surface area contributed by atoms with Crippen molar-refractivity contribution < 1.29 is 19.6 Å². The van der Waals surface area contributed by atoms with Crippen LogP contribution in [0.4, 0.5) is 11.4 Å². The first-order chi connectivity index (χ1) is 17.2. The molecule has 1 aliphatic rings. The summed E-state index contributed by atoms with van der Waals surface area (Å²) in [6, 6.07) is 17.5. The summed E-state index contributed by atoms with van der Waals surface area (Å²) in [5, 5.41) is 23.2. The second-order valence-electron chi connectivity index (χ2n) is 8.95. The third kappa shape index (κ3) is 3.54. The largest absolute Gasteiger partial charge is 0.507 e. The number of carbonyl (C=O) groups is 2. The van der Waals surface area contributed by atoms with Crippen molar-refractivity contribution in [2.45, 2.75) is 19.9 Å². The molecule has 1 fully saturated rings. The number of benzene rings is 3. The van der Waals surface area contributed by atoms with Crippen molar-refractivity contribution in [1.82, 2.24) is 4.57 Å². The molecule has 0 bridgehead atoms. The standard InChI is InChI=1S/C28H23N3O5/c1-16-8-11-20(14-17(16)2)30-25(22-15-29(3)23-7-5-4-6-21(22)23)24(27(33)28(30)34)26(32)18-9-12-19(13-10-18)31(35)36/h4-15,25,32H,1-3H3/b26-24+. The number of aliphatic hydroxyl groups is 1. The number of ketones is 1. The molecule has 0 aliphatic carbocycles. The summed E-state index contributed by atoms with van der Waals surface area (Å²) < 4.78 is 1.91. The lowest BCUT2D eigenvalue weighted by Crippen LogP contribution is -2.29. The summed E-state index contributed by atoms with van der Waals surface area (Å²) in [6.45, 7) is 3.89. The number of aryl methyl sites for hydroxylation is 3. The van der Waals surface area contributed by atoms with Crippen LogP contribution in [0.5, 0.6) is 0 Å². The first-order valence-electron chi connectivity index (χ1n) is 11.4. The highest BCUT2D eigenvalue weighted by molar-refractivity contribution is 6.51. The smallest absolute Gasteiger partial charge is 0.300 e. The van der Waals surface area contributed by atoms with Crippen LogP contribution in [0.2, 0.25) is 0 Å². The highest BCUT2D eigenvalue weighted by Crippen LogP contribution is 2.45. The van der Waals surface area contributed by atoms with Gasteiger partial charge in [-0.2, -0.15) is 0 Å². The number of nitrogens with zero attached hydrogens (tertiary/aromatic N) is 3. The molecule has 0 radical (unpaired) electrons. The van der Waals surface area contributed by atoms with E-state index in [1.54, 1.807) is 6.07 Å². The normalized spacial score (nSPS) is 17.2. The van der Waals surface area contributed by atoms with E-state index >= 15 is 0 Å². The number of anilines is 1. The molecule has 0 spiro atoms. The van der Waals surface area contributed by atoms with Crippen molar-refractivity contribution in [2.24, 2.45) is 7.05 Å². The van der Waals surface area contributed by atoms with Crippen molar-refractivity contribution in [3.8, 4) is 0 Å². The van der Waals surface area contributed by atoms with Gasteiger partial charge in [-0.1, -0.05) is 24.3 Å². The molecular weight excluding hydrogens is 458 g/mol. The fraction of sp³-hybridized carbons (Fsp3) is 0.143. The third-order valence-electron chi connectivity index (χ3n) is 6.79. The van der Waals surface area contributed by atoms with Gasteiger partial charge in [0, 0.05) is 53.1 Å². The number of hydrogen-bond acceptors (Lipinski definition) is 5. The van der Waals surface area contributed by atoms with E-state index in [1.807, 2.05) is 68.1 Å². The average Bonchev–Trinajstić information content (AvgIpc) is 3.34. The molecule has 180 valence electrons. The van der Waals surface area contributed by atoms with E-state index in [-0.39, 0.29) is 22.6 Å². The number of hydrogen-bond donors (Lipinski definition) is 1. The number of carbonyl (C=O) groups excluding carboxylic acids is 2.